The van der Waals surface area contributed by atoms with Crippen LogP contribution in [0.4, 0.5) is 0 Å². The summed E-state index contributed by atoms with van der Waals surface area (Å²) in [7, 11) is 0. The monoisotopic (exact) mass is 474 g/mol. The minimum Gasteiger partial charge on any atom is -0.486 e. The number of nitrogens with one attached hydrogen (secondary N) is 1. The molecule has 1 heterocycles. The molecule has 0 bridgehead atoms. The number of carbonyl (C=O) groups excluding carboxylic acids is 2. The van der Waals surface area contributed by atoms with Crippen molar-refractivity contribution in [3.05, 3.63) is 58.1 Å². The van der Waals surface area contributed by atoms with Gasteiger partial charge in [-0.1, -0.05) is 34.1 Å². The molecule has 2 aromatic carbocycles. The number of ether oxygens (including phenoxy) is 2. The van der Waals surface area contributed by atoms with Crippen LogP contribution in [-0.2, 0) is 22.6 Å². The summed E-state index contributed by atoms with van der Waals surface area (Å²) in [6, 6.07) is 13.0. The van der Waals surface area contributed by atoms with E-state index in [2.05, 4.69) is 21.2 Å². The zero-order chi connectivity index (χ0) is 21.5. The highest BCUT2D eigenvalue weighted by Gasteiger charge is 2.25. The number of hydrogen-bond acceptors (Lipinski definition) is 4. The highest BCUT2D eigenvalue weighted by atomic mass is 79.9. The third-order valence-electron chi connectivity index (χ3n) is 5.02. The maximum absolute atomic E-state index is 13.1. The Morgan fingerprint density at radius 3 is 2.43 bits per heavy atom. The first-order valence-corrected chi connectivity index (χ1v) is 11.0. The summed E-state index contributed by atoms with van der Waals surface area (Å²) in [5.74, 6) is 1.24. The third kappa shape index (κ3) is 5.75. The van der Waals surface area contributed by atoms with Crippen LogP contribution in [0.25, 0.3) is 0 Å². The van der Waals surface area contributed by atoms with Crippen LogP contribution in [0, 0.1) is 0 Å². The van der Waals surface area contributed by atoms with Gasteiger partial charge in [0.15, 0.2) is 11.5 Å². The van der Waals surface area contributed by atoms with Gasteiger partial charge in [0.05, 0.1) is 0 Å². The zero-order valence-corrected chi connectivity index (χ0v) is 18.9. The number of amides is 2. The van der Waals surface area contributed by atoms with Gasteiger partial charge in [0.2, 0.25) is 11.8 Å². The van der Waals surface area contributed by atoms with Gasteiger partial charge >= 0.3 is 0 Å². The summed E-state index contributed by atoms with van der Waals surface area (Å²) in [5.41, 5.74) is 1.98. The fourth-order valence-corrected chi connectivity index (χ4v) is 3.59. The third-order valence-corrected chi connectivity index (χ3v) is 5.55. The van der Waals surface area contributed by atoms with Crippen LogP contribution in [0.1, 0.15) is 31.4 Å². The molecular formula is C23H27BrN2O4. The van der Waals surface area contributed by atoms with Crippen molar-refractivity contribution in [3.8, 4) is 11.5 Å². The van der Waals surface area contributed by atoms with Crippen molar-refractivity contribution in [1.82, 2.24) is 10.2 Å². The van der Waals surface area contributed by atoms with Crippen LogP contribution in [0.2, 0.25) is 0 Å². The van der Waals surface area contributed by atoms with E-state index in [1.54, 1.807) is 11.8 Å². The molecule has 1 aliphatic rings. The SMILES string of the molecule is CCNC(=O)[C@H](C)N(Cc1ccc(Br)cc1)C(=O)CCc1ccc2c(c1)OCCO2. The summed E-state index contributed by atoms with van der Waals surface area (Å²) in [6.45, 7) is 5.62. The smallest absolute Gasteiger partial charge is 0.242 e. The first-order valence-electron chi connectivity index (χ1n) is 10.2. The molecular weight excluding hydrogens is 448 g/mol. The van der Waals surface area contributed by atoms with Crippen molar-refractivity contribution in [2.24, 2.45) is 0 Å². The first-order chi connectivity index (χ1) is 14.5. The Bertz CT molecular complexity index is 885. The fourth-order valence-electron chi connectivity index (χ4n) is 3.33. The summed E-state index contributed by atoms with van der Waals surface area (Å²) < 4.78 is 12.1. The Labute approximate surface area is 185 Å². The topological polar surface area (TPSA) is 67.9 Å². The summed E-state index contributed by atoms with van der Waals surface area (Å²) >= 11 is 3.43. The van der Waals surface area contributed by atoms with E-state index in [-0.39, 0.29) is 11.8 Å². The van der Waals surface area contributed by atoms with Crippen molar-refractivity contribution in [2.45, 2.75) is 39.3 Å². The lowest BCUT2D eigenvalue weighted by molar-refractivity contribution is -0.140. The molecule has 160 valence electrons. The number of likely N-dealkylation sites (N-methyl/N-ethyl adjacent to an activating group) is 1. The summed E-state index contributed by atoms with van der Waals surface area (Å²) in [6.07, 6.45) is 0.869. The van der Waals surface area contributed by atoms with Gasteiger partial charge in [-0.2, -0.15) is 0 Å². The quantitative estimate of drug-likeness (QED) is 0.633. The molecule has 0 saturated heterocycles. The highest BCUT2D eigenvalue weighted by molar-refractivity contribution is 9.10. The maximum atomic E-state index is 13.1. The lowest BCUT2D eigenvalue weighted by Gasteiger charge is -2.29. The van der Waals surface area contributed by atoms with Crippen LogP contribution < -0.4 is 14.8 Å². The molecule has 6 nitrogen and oxygen atoms in total. The molecule has 3 rings (SSSR count). The van der Waals surface area contributed by atoms with Gasteiger partial charge in [-0.15, -0.1) is 0 Å². The fraction of sp³-hybridized carbons (Fsp3) is 0.391. The number of benzene rings is 2. The van der Waals surface area contributed by atoms with Crippen molar-refractivity contribution >= 4 is 27.7 Å². The predicted octanol–water partition coefficient (Wildman–Crippen LogP) is 3.71. The second-order valence-corrected chi connectivity index (χ2v) is 8.11. The van der Waals surface area contributed by atoms with E-state index in [0.717, 1.165) is 21.3 Å². The molecule has 1 aliphatic heterocycles. The van der Waals surface area contributed by atoms with Gasteiger partial charge < -0.3 is 19.7 Å². The highest BCUT2D eigenvalue weighted by Crippen LogP contribution is 2.31. The number of fused-ring (bicyclic) bond motifs is 1. The molecule has 2 aromatic rings. The zero-order valence-electron chi connectivity index (χ0n) is 17.3. The maximum Gasteiger partial charge on any atom is 0.242 e. The van der Waals surface area contributed by atoms with Crippen LogP contribution in [0.5, 0.6) is 11.5 Å². The number of nitrogens with zero attached hydrogens (tertiary/aromatic N) is 1. The number of rotatable bonds is 8. The van der Waals surface area contributed by atoms with E-state index in [4.69, 9.17) is 9.47 Å². The Balaban J connectivity index is 1.70. The molecule has 0 unspecified atom stereocenters. The number of carbonyl (C=O) groups is 2. The van der Waals surface area contributed by atoms with Crippen LogP contribution in [-0.4, -0.2) is 42.5 Å². The average Bonchev–Trinajstić information content (AvgIpc) is 2.76. The van der Waals surface area contributed by atoms with Gasteiger partial charge in [-0.25, -0.2) is 0 Å². The van der Waals surface area contributed by atoms with Crippen molar-refractivity contribution in [1.29, 1.82) is 0 Å². The second kappa shape index (κ2) is 10.5. The van der Waals surface area contributed by atoms with Crippen molar-refractivity contribution in [3.63, 3.8) is 0 Å². The van der Waals surface area contributed by atoms with E-state index >= 15 is 0 Å². The second-order valence-electron chi connectivity index (χ2n) is 7.20. The molecule has 0 saturated carbocycles. The van der Waals surface area contributed by atoms with E-state index in [1.807, 2.05) is 49.4 Å². The molecule has 1 atom stereocenters. The summed E-state index contributed by atoms with van der Waals surface area (Å²) in [5, 5.41) is 2.81. The molecule has 0 radical (unpaired) electrons. The van der Waals surface area contributed by atoms with E-state index in [9.17, 15) is 9.59 Å². The largest absolute Gasteiger partial charge is 0.486 e. The van der Waals surface area contributed by atoms with Crippen LogP contribution in [0.3, 0.4) is 0 Å². The van der Waals surface area contributed by atoms with E-state index < -0.39 is 6.04 Å². The molecule has 1 N–H and O–H groups in total. The first kappa shape index (κ1) is 22.2. The van der Waals surface area contributed by atoms with E-state index in [0.29, 0.717) is 44.9 Å². The van der Waals surface area contributed by atoms with Gasteiger partial charge in [0.25, 0.3) is 0 Å². The van der Waals surface area contributed by atoms with Gasteiger partial charge in [-0.3, -0.25) is 9.59 Å². The predicted molar refractivity (Wildman–Crippen MR) is 119 cm³/mol. The lowest BCUT2D eigenvalue weighted by Crippen LogP contribution is -2.47. The molecule has 0 spiro atoms. The molecule has 0 aliphatic carbocycles. The summed E-state index contributed by atoms with van der Waals surface area (Å²) in [4.78, 5) is 27.2. The molecule has 0 fully saturated rings. The number of hydrogen-bond donors (Lipinski definition) is 1. The Kier molecular flexibility index (Phi) is 7.74. The molecule has 7 heteroatoms. The normalized spacial score (nSPS) is 13.4. The lowest BCUT2D eigenvalue weighted by atomic mass is 10.1. The Hall–Kier alpha value is -2.54. The van der Waals surface area contributed by atoms with Crippen molar-refractivity contribution < 1.29 is 19.1 Å². The van der Waals surface area contributed by atoms with E-state index in [1.165, 1.54) is 0 Å². The minimum absolute atomic E-state index is 0.0634. The minimum atomic E-state index is -0.554. The molecule has 2 amide bonds. The van der Waals surface area contributed by atoms with Gasteiger partial charge in [0, 0.05) is 24.0 Å². The van der Waals surface area contributed by atoms with Crippen LogP contribution in [0.15, 0.2) is 46.9 Å². The van der Waals surface area contributed by atoms with Crippen LogP contribution >= 0.6 is 15.9 Å². The Morgan fingerprint density at radius 1 is 1.07 bits per heavy atom. The number of aryl methyl sites for hydroxylation is 1. The Morgan fingerprint density at radius 2 is 1.73 bits per heavy atom. The van der Waals surface area contributed by atoms with Gasteiger partial charge in [-0.05, 0) is 55.7 Å². The van der Waals surface area contributed by atoms with Gasteiger partial charge in [0.1, 0.15) is 19.3 Å². The standard InChI is InChI=1S/C23H27BrN2O4/c1-3-25-23(28)16(2)26(15-18-4-8-19(24)9-5-18)22(27)11-7-17-6-10-20-21(14-17)30-13-12-29-20/h4-6,8-10,14,16H,3,7,11-13,15H2,1-2H3,(H,25,28)/t16-/m0/s1. The molecule has 0 aromatic heterocycles. The van der Waals surface area contributed by atoms with Crippen molar-refractivity contribution in [2.75, 3.05) is 19.8 Å². The average molecular weight is 475 g/mol. The molecule has 30 heavy (non-hydrogen) atoms. The number of halogens is 1.